The molecule has 0 radical (unpaired) electrons. The summed E-state index contributed by atoms with van der Waals surface area (Å²) in [6.45, 7) is 2.19. The van der Waals surface area contributed by atoms with E-state index in [4.69, 9.17) is 9.57 Å². The van der Waals surface area contributed by atoms with E-state index in [9.17, 15) is 4.79 Å². The molecule has 0 aliphatic rings. The zero-order valence-electron chi connectivity index (χ0n) is 8.64. The summed E-state index contributed by atoms with van der Waals surface area (Å²) < 4.78 is 4.84. The van der Waals surface area contributed by atoms with Gasteiger partial charge in [0, 0.05) is 13.3 Å². The lowest BCUT2D eigenvalue weighted by Crippen LogP contribution is -2.30. The Hall–Kier alpha value is -1.53. The maximum absolute atomic E-state index is 11.4. The van der Waals surface area contributed by atoms with Gasteiger partial charge in [0.1, 0.15) is 18.1 Å². The fraction of sp³-hybridized carbons (Fsp3) is 0.444. The van der Waals surface area contributed by atoms with E-state index in [1.807, 2.05) is 0 Å². The van der Waals surface area contributed by atoms with Crippen LogP contribution in [0.4, 0.5) is 0 Å². The summed E-state index contributed by atoms with van der Waals surface area (Å²) >= 11 is 0. The van der Waals surface area contributed by atoms with Gasteiger partial charge in [0.15, 0.2) is 0 Å². The summed E-state index contributed by atoms with van der Waals surface area (Å²) in [4.78, 5) is 23.9. The van der Waals surface area contributed by atoms with Crippen LogP contribution in [0.3, 0.4) is 0 Å². The molecular formula is C9H13N3O3. The van der Waals surface area contributed by atoms with Gasteiger partial charge in [-0.15, -0.1) is 0 Å². The summed E-state index contributed by atoms with van der Waals surface area (Å²) in [5, 5.41) is 0. The molecule has 0 unspecified atom stereocenters. The van der Waals surface area contributed by atoms with Gasteiger partial charge in [-0.05, 0) is 13.0 Å². The third-order valence-electron chi connectivity index (χ3n) is 1.57. The monoisotopic (exact) mass is 211 g/mol. The maximum atomic E-state index is 11.4. The van der Waals surface area contributed by atoms with Crippen molar-refractivity contribution in [3.05, 3.63) is 24.3 Å². The molecule has 0 saturated carbocycles. The van der Waals surface area contributed by atoms with Crippen molar-refractivity contribution < 1.29 is 14.4 Å². The highest BCUT2D eigenvalue weighted by atomic mass is 16.7. The van der Waals surface area contributed by atoms with E-state index in [1.54, 1.807) is 14.0 Å². The minimum Gasteiger partial charge on any atom is -0.382 e. The number of amides is 1. The fourth-order valence-electron chi connectivity index (χ4n) is 0.900. The van der Waals surface area contributed by atoms with Crippen LogP contribution in [-0.4, -0.2) is 35.7 Å². The molecule has 0 saturated heterocycles. The van der Waals surface area contributed by atoms with Gasteiger partial charge < -0.3 is 4.74 Å². The zero-order chi connectivity index (χ0) is 11.1. The van der Waals surface area contributed by atoms with Crippen molar-refractivity contribution in [2.75, 3.05) is 13.7 Å². The van der Waals surface area contributed by atoms with E-state index < -0.39 is 5.91 Å². The number of hydrogen-bond acceptors (Lipinski definition) is 5. The normalized spacial score (nSPS) is 12.1. The van der Waals surface area contributed by atoms with Gasteiger partial charge in [0.25, 0.3) is 5.91 Å². The maximum Gasteiger partial charge on any atom is 0.293 e. The number of rotatable bonds is 5. The predicted octanol–water partition coefficient (Wildman–Crippen LogP) is 0.173. The average molecular weight is 211 g/mol. The number of hydrogen-bond donors (Lipinski definition) is 1. The highest BCUT2D eigenvalue weighted by molar-refractivity contribution is 5.91. The van der Waals surface area contributed by atoms with Crippen molar-refractivity contribution >= 4 is 5.91 Å². The van der Waals surface area contributed by atoms with Gasteiger partial charge >= 0.3 is 0 Å². The number of nitrogens with one attached hydrogen (secondary N) is 1. The third-order valence-corrected chi connectivity index (χ3v) is 1.57. The van der Waals surface area contributed by atoms with E-state index in [2.05, 4.69) is 15.4 Å². The van der Waals surface area contributed by atoms with Crippen LogP contribution in [0.25, 0.3) is 0 Å². The van der Waals surface area contributed by atoms with E-state index in [0.717, 1.165) is 0 Å². The van der Waals surface area contributed by atoms with Gasteiger partial charge in [-0.3, -0.25) is 9.63 Å². The molecule has 1 heterocycles. The second-order valence-electron chi connectivity index (χ2n) is 2.91. The molecule has 0 spiro atoms. The molecule has 6 nitrogen and oxygen atoms in total. The second-order valence-corrected chi connectivity index (χ2v) is 2.91. The van der Waals surface area contributed by atoms with Crippen molar-refractivity contribution in [1.82, 2.24) is 15.4 Å². The third kappa shape index (κ3) is 4.01. The lowest BCUT2D eigenvalue weighted by molar-refractivity contribution is -0.0393. The van der Waals surface area contributed by atoms with Crippen LogP contribution < -0.4 is 5.48 Å². The first-order valence-corrected chi connectivity index (χ1v) is 4.45. The first kappa shape index (κ1) is 11.5. The summed E-state index contributed by atoms with van der Waals surface area (Å²) in [7, 11) is 1.56. The van der Waals surface area contributed by atoms with Gasteiger partial charge in [0.05, 0.1) is 6.61 Å². The van der Waals surface area contributed by atoms with Crippen molar-refractivity contribution in [3.63, 3.8) is 0 Å². The summed E-state index contributed by atoms with van der Waals surface area (Å²) in [5.74, 6) is -0.402. The Bertz CT molecular complexity index is 305. The molecule has 6 heteroatoms. The minimum atomic E-state index is -0.402. The number of carbonyl (C=O) groups is 1. The molecule has 1 amide bonds. The highest BCUT2D eigenvalue weighted by Gasteiger charge is 2.08. The Balaban J connectivity index is 2.37. The van der Waals surface area contributed by atoms with Crippen LogP contribution in [0.5, 0.6) is 0 Å². The topological polar surface area (TPSA) is 73.3 Å². The smallest absolute Gasteiger partial charge is 0.293 e. The van der Waals surface area contributed by atoms with Gasteiger partial charge in [-0.25, -0.2) is 15.4 Å². The van der Waals surface area contributed by atoms with Crippen LogP contribution in [0.1, 0.15) is 17.4 Å². The second kappa shape index (κ2) is 6.05. The lowest BCUT2D eigenvalue weighted by Gasteiger charge is -2.11. The molecule has 1 aromatic rings. The highest BCUT2D eigenvalue weighted by Crippen LogP contribution is 1.93. The summed E-state index contributed by atoms with van der Waals surface area (Å²) in [6.07, 6.45) is 2.58. The number of carbonyl (C=O) groups excluding carboxylic acids is 1. The number of hydroxylamine groups is 1. The summed E-state index contributed by atoms with van der Waals surface area (Å²) in [6, 6.07) is 1.50. The Morgan fingerprint density at radius 3 is 3.07 bits per heavy atom. The standard InChI is InChI=1S/C9H13N3O3/c1-7(5-14-2)15-12-9(13)8-3-4-10-6-11-8/h3-4,6-7H,5H2,1-2H3,(H,12,13)/t7-/m1/s1. The predicted molar refractivity (Wildman–Crippen MR) is 51.9 cm³/mol. The van der Waals surface area contributed by atoms with E-state index in [-0.39, 0.29) is 11.8 Å². The van der Waals surface area contributed by atoms with Gasteiger partial charge in [-0.2, -0.15) is 0 Å². The molecule has 15 heavy (non-hydrogen) atoms. The Morgan fingerprint density at radius 2 is 2.47 bits per heavy atom. The zero-order valence-corrected chi connectivity index (χ0v) is 8.64. The molecule has 82 valence electrons. The van der Waals surface area contributed by atoms with Gasteiger partial charge in [-0.1, -0.05) is 0 Å². The van der Waals surface area contributed by atoms with Crippen LogP contribution >= 0.6 is 0 Å². The van der Waals surface area contributed by atoms with Crippen molar-refractivity contribution in [3.8, 4) is 0 Å². The average Bonchev–Trinajstić information content (AvgIpc) is 2.27. The molecule has 1 N–H and O–H groups in total. The van der Waals surface area contributed by atoms with Crippen molar-refractivity contribution in [2.24, 2.45) is 0 Å². The Kier molecular flexibility index (Phi) is 4.65. The van der Waals surface area contributed by atoms with Crippen LogP contribution in [0.15, 0.2) is 18.6 Å². The molecular weight excluding hydrogens is 198 g/mol. The molecule has 0 fully saturated rings. The molecule has 1 atom stereocenters. The van der Waals surface area contributed by atoms with Crippen LogP contribution in [-0.2, 0) is 9.57 Å². The van der Waals surface area contributed by atoms with Crippen LogP contribution in [0, 0.1) is 0 Å². The number of nitrogens with zero attached hydrogens (tertiary/aromatic N) is 2. The fourth-order valence-corrected chi connectivity index (χ4v) is 0.900. The molecule has 0 aliphatic heterocycles. The minimum absolute atomic E-state index is 0.208. The SMILES string of the molecule is COC[C@@H](C)ONC(=O)c1ccncn1. The van der Waals surface area contributed by atoms with E-state index in [0.29, 0.717) is 6.61 Å². The molecule has 1 rings (SSSR count). The number of aromatic nitrogens is 2. The first-order chi connectivity index (χ1) is 7.24. The number of ether oxygens (including phenoxy) is 1. The quantitative estimate of drug-likeness (QED) is 0.703. The largest absolute Gasteiger partial charge is 0.382 e. The van der Waals surface area contributed by atoms with Crippen molar-refractivity contribution in [2.45, 2.75) is 13.0 Å². The molecule has 1 aromatic heterocycles. The molecule has 0 aromatic carbocycles. The van der Waals surface area contributed by atoms with Crippen LogP contribution in [0.2, 0.25) is 0 Å². The Morgan fingerprint density at radius 1 is 1.67 bits per heavy atom. The molecule has 0 aliphatic carbocycles. The molecule has 0 bridgehead atoms. The first-order valence-electron chi connectivity index (χ1n) is 4.45. The van der Waals surface area contributed by atoms with E-state index >= 15 is 0 Å². The van der Waals surface area contributed by atoms with E-state index in [1.165, 1.54) is 18.6 Å². The lowest BCUT2D eigenvalue weighted by atomic mass is 10.4. The number of methoxy groups -OCH3 is 1. The Labute approximate surface area is 87.6 Å². The van der Waals surface area contributed by atoms with Crippen molar-refractivity contribution in [1.29, 1.82) is 0 Å². The van der Waals surface area contributed by atoms with Gasteiger partial charge in [0.2, 0.25) is 0 Å². The summed E-state index contributed by atoms with van der Waals surface area (Å²) in [5.41, 5.74) is 2.53.